The number of halogens is 3. The highest BCUT2D eigenvalue weighted by atomic mass is 19.4. The topological polar surface area (TPSA) is 50.2 Å². The molecule has 0 radical (unpaired) electrons. The molecule has 1 N–H and O–H groups in total. The van der Waals surface area contributed by atoms with E-state index in [0.717, 1.165) is 30.3 Å². The lowest BCUT2D eigenvalue weighted by Crippen LogP contribution is -2.39. The Labute approximate surface area is 161 Å². The average molecular weight is 392 g/mol. The number of carbonyl (C=O) groups is 1. The summed E-state index contributed by atoms with van der Waals surface area (Å²) in [6.07, 6.45) is -2.48. The first-order chi connectivity index (χ1) is 13.4. The number of nitrogens with one attached hydrogen (secondary N) is 1. The van der Waals surface area contributed by atoms with Crippen LogP contribution in [0.3, 0.4) is 0 Å². The van der Waals surface area contributed by atoms with E-state index in [2.05, 4.69) is 10.4 Å². The minimum Gasteiger partial charge on any atom is -0.337 e. The van der Waals surface area contributed by atoms with Crippen molar-refractivity contribution in [1.29, 1.82) is 0 Å². The van der Waals surface area contributed by atoms with Crippen LogP contribution in [0.1, 0.15) is 51.6 Å². The third-order valence-electron chi connectivity index (χ3n) is 5.81. The fourth-order valence-corrected chi connectivity index (χ4v) is 4.35. The molecule has 2 aliphatic rings. The van der Waals surface area contributed by atoms with Crippen LogP contribution in [0, 0.1) is 0 Å². The van der Waals surface area contributed by atoms with Crippen LogP contribution in [0.5, 0.6) is 0 Å². The van der Waals surface area contributed by atoms with Gasteiger partial charge in [-0.2, -0.15) is 18.3 Å². The van der Waals surface area contributed by atoms with E-state index in [0.29, 0.717) is 43.7 Å². The molecule has 1 fully saturated rings. The van der Waals surface area contributed by atoms with Crippen molar-refractivity contribution >= 4 is 5.91 Å². The molecule has 2 aromatic rings. The van der Waals surface area contributed by atoms with E-state index in [9.17, 15) is 18.0 Å². The van der Waals surface area contributed by atoms with E-state index >= 15 is 0 Å². The van der Waals surface area contributed by atoms with Crippen LogP contribution in [-0.4, -0.2) is 40.2 Å². The Morgan fingerprint density at radius 2 is 1.93 bits per heavy atom. The number of fused-ring (bicyclic) bond motifs is 1. The number of aromatic nitrogens is 2. The highest BCUT2D eigenvalue weighted by Crippen LogP contribution is 2.38. The molecule has 0 aliphatic carbocycles. The van der Waals surface area contributed by atoms with Gasteiger partial charge in [0, 0.05) is 50.9 Å². The number of likely N-dealkylation sites (tertiary alicyclic amines) is 1. The third-order valence-corrected chi connectivity index (χ3v) is 5.81. The number of rotatable bonds is 2. The van der Waals surface area contributed by atoms with Crippen LogP contribution in [0.25, 0.3) is 0 Å². The molecule has 5 nitrogen and oxygen atoms in total. The normalized spacial score (nSPS) is 18.2. The zero-order valence-corrected chi connectivity index (χ0v) is 15.7. The molecule has 28 heavy (non-hydrogen) atoms. The van der Waals surface area contributed by atoms with Crippen LogP contribution in [-0.2, 0) is 26.2 Å². The molecule has 0 atom stereocenters. The lowest BCUT2D eigenvalue weighted by molar-refractivity contribution is -0.138. The summed E-state index contributed by atoms with van der Waals surface area (Å²) < 4.78 is 41.7. The number of nitrogens with zero attached hydrogens (tertiary/aromatic N) is 3. The first kappa shape index (κ1) is 19.0. The number of amides is 1. The van der Waals surface area contributed by atoms with Crippen molar-refractivity contribution in [2.45, 2.75) is 37.9 Å². The summed E-state index contributed by atoms with van der Waals surface area (Å²) in [6.45, 7) is 2.37. The lowest BCUT2D eigenvalue weighted by Gasteiger charge is -2.33. The molecule has 150 valence electrons. The van der Waals surface area contributed by atoms with E-state index in [1.54, 1.807) is 21.7 Å². The maximum absolute atomic E-state index is 13.3. The molecule has 0 unspecified atom stereocenters. The number of alkyl halides is 3. The van der Waals surface area contributed by atoms with Gasteiger partial charge in [0.25, 0.3) is 5.91 Å². The molecule has 2 aliphatic heterocycles. The van der Waals surface area contributed by atoms with Crippen LogP contribution in [0.4, 0.5) is 13.2 Å². The van der Waals surface area contributed by atoms with E-state index in [-0.39, 0.29) is 11.8 Å². The Balaban J connectivity index is 1.49. The monoisotopic (exact) mass is 392 g/mol. The van der Waals surface area contributed by atoms with Crippen molar-refractivity contribution in [1.82, 2.24) is 20.0 Å². The predicted molar refractivity (Wildman–Crippen MR) is 97.9 cm³/mol. The molecule has 0 spiro atoms. The Hall–Kier alpha value is -2.35. The van der Waals surface area contributed by atoms with E-state index in [1.807, 2.05) is 7.05 Å². The van der Waals surface area contributed by atoms with Gasteiger partial charge in [0.15, 0.2) is 5.69 Å². The molecule has 1 aromatic heterocycles. The largest absolute Gasteiger partial charge is 0.416 e. The predicted octanol–water partition coefficient (Wildman–Crippen LogP) is 3.10. The molecule has 4 rings (SSSR count). The molecule has 1 aromatic carbocycles. The van der Waals surface area contributed by atoms with Gasteiger partial charge in [-0.15, -0.1) is 0 Å². The summed E-state index contributed by atoms with van der Waals surface area (Å²) in [7, 11) is 1.85. The molecule has 0 bridgehead atoms. The van der Waals surface area contributed by atoms with Crippen molar-refractivity contribution in [3.05, 3.63) is 52.3 Å². The summed E-state index contributed by atoms with van der Waals surface area (Å²) in [5.41, 5.74) is 2.27. The van der Waals surface area contributed by atoms with Gasteiger partial charge in [0.1, 0.15) is 0 Å². The summed E-state index contributed by atoms with van der Waals surface area (Å²) in [5.74, 6) is -0.315. The molecular formula is C20H23F3N4O. The number of aryl methyl sites for hydroxylation is 1. The molecule has 8 heteroatoms. The van der Waals surface area contributed by atoms with Gasteiger partial charge in [-0.25, -0.2) is 0 Å². The van der Waals surface area contributed by atoms with Crippen molar-refractivity contribution in [3.63, 3.8) is 0 Å². The maximum atomic E-state index is 13.3. The Morgan fingerprint density at radius 1 is 1.21 bits per heavy atom. The van der Waals surface area contributed by atoms with Crippen LogP contribution in [0.15, 0.2) is 24.3 Å². The van der Waals surface area contributed by atoms with Gasteiger partial charge in [-0.1, -0.05) is 18.2 Å². The minimum absolute atomic E-state index is 0.122. The fourth-order valence-electron chi connectivity index (χ4n) is 4.35. The van der Waals surface area contributed by atoms with Gasteiger partial charge in [0.2, 0.25) is 0 Å². The quantitative estimate of drug-likeness (QED) is 0.855. The van der Waals surface area contributed by atoms with E-state index in [1.165, 1.54) is 6.07 Å². The molecular weight excluding hydrogens is 369 g/mol. The molecule has 1 amide bonds. The summed E-state index contributed by atoms with van der Waals surface area (Å²) >= 11 is 0. The first-order valence-corrected chi connectivity index (χ1v) is 9.57. The number of hydrogen-bond donors (Lipinski definition) is 1. The maximum Gasteiger partial charge on any atom is 0.416 e. The molecule has 3 heterocycles. The lowest BCUT2D eigenvalue weighted by atomic mass is 9.86. The number of hydrogen-bond acceptors (Lipinski definition) is 3. The van der Waals surface area contributed by atoms with Crippen molar-refractivity contribution < 1.29 is 18.0 Å². The van der Waals surface area contributed by atoms with Crippen molar-refractivity contribution in [2.75, 3.05) is 19.6 Å². The summed E-state index contributed by atoms with van der Waals surface area (Å²) in [5, 5.41) is 7.70. The minimum atomic E-state index is -4.36. The first-order valence-electron chi connectivity index (χ1n) is 9.57. The average Bonchev–Trinajstić information content (AvgIpc) is 3.04. The van der Waals surface area contributed by atoms with Gasteiger partial charge in [-0.3, -0.25) is 9.48 Å². The van der Waals surface area contributed by atoms with Crippen LogP contribution >= 0.6 is 0 Å². The fraction of sp³-hybridized carbons (Fsp3) is 0.500. The van der Waals surface area contributed by atoms with Gasteiger partial charge in [0.05, 0.1) is 5.56 Å². The Kier molecular flexibility index (Phi) is 4.91. The van der Waals surface area contributed by atoms with Gasteiger partial charge in [-0.05, 0) is 30.4 Å². The molecule has 1 saturated heterocycles. The second-order valence-corrected chi connectivity index (χ2v) is 7.48. The Bertz CT molecular complexity index is 882. The second kappa shape index (κ2) is 7.24. The highest BCUT2D eigenvalue weighted by molar-refractivity contribution is 5.94. The summed E-state index contributed by atoms with van der Waals surface area (Å²) in [6, 6.07) is 5.77. The molecule has 0 saturated carbocycles. The standard InChI is InChI=1S/C20H23F3N4O/c1-26-17-6-9-24-12-15(17)18(25-26)19(28)27-10-7-13(8-11-27)14-4-2-3-5-16(14)20(21,22)23/h2-5,13,24H,6-12H2,1H3. The summed E-state index contributed by atoms with van der Waals surface area (Å²) in [4.78, 5) is 14.7. The van der Waals surface area contributed by atoms with E-state index in [4.69, 9.17) is 0 Å². The van der Waals surface area contributed by atoms with Gasteiger partial charge >= 0.3 is 6.18 Å². The van der Waals surface area contributed by atoms with Crippen molar-refractivity contribution in [3.8, 4) is 0 Å². The van der Waals surface area contributed by atoms with Crippen LogP contribution in [0.2, 0.25) is 0 Å². The highest BCUT2D eigenvalue weighted by Gasteiger charge is 2.36. The zero-order valence-electron chi connectivity index (χ0n) is 15.7. The Morgan fingerprint density at radius 3 is 2.64 bits per heavy atom. The number of carbonyl (C=O) groups excluding carboxylic acids is 1. The zero-order chi connectivity index (χ0) is 19.9. The second-order valence-electron chi connectivity index (χ2n) is 7.48. The smallest absolute Gasteiger partial charge is 0.337 e. The third kappa shape index (κ3) is 3.41. The van der Waals surface area contributed by atoms with Crippen molar-refractivity contribution in [2.24, 2.45) is 7.05 Å². The van der Waals surface area contributed by atoms with E-state index < -0.39 is 11.7 Å². The SMILES string of the molecule is Cn1nc(C(=O)N2CCC(c3ccccc3C(F)(F)F)CC2)c2c1CCNC2. The van der Waals surface area contributed by atoms with Crippen LogP contribution < -0.4 is 5.32 Å². The number of benzene rings is 1. The van der Waals surface area contributed by atoms with Gasteiger partial charge < -0.3 is 10.2 Å². The number of piperidine rings is 1.